The third kappa shape index (κ3) is 1.77. The highest BCUT2D eigenvalue weighted by atomic mass is 16.6. The Balaban J connectivity index is 2.15. The van der Waals surface area contributed by atoms with E-state index >= 15 is 0 Å². The lowest BCUT2D eigenvalue weighted by Gasteiger charge is -2.37. The van der Waals surface area contributed by atoms with Crippen LogP contribution in [-0.2, 0) is 9.47 Å². The Morgan fingerprint density at radius 3 is 3.00 bits per heavy atom. The van der Waals surface area contributed by atoms with Gasteiger partial charge in [0.05, 0.1) is 25.9 Å². The fourth-order valence-electron chi connectivity index (χ4n) is 2.14. The lowest BCUT2D eigenvalue weighted by Crippen LogP contribution is -2.43. The van der Waals surface area contributed by atoms with Crippen molar-refractivity contribution >= 4 is 0 Å². The van der Waals surface area contributed by atoms with E-state index in [4.69, 9.17) is 14.6 Å². The summed E-state index contributed by atoms with van der Waals surface area (Å²) in [4.78, 5) is 0. The number of aliphatic hydroxyl groups is 1. The van der Waals surface area contributed by atoms with E-state index in [0.29, 0.717) is 19.1 Å². The second-order valence-electron chi connectivity index (χ2n) is 3.81. The summed E-state index contributed by atoms with van der Waals surface area (Å²) in [6.07, 6.45) is 3.29. The van der Waals surface area contributed by atoms with Crippen molar-refractivity contribution in [2.45, 2.75) is 25.6 Å². The second-order valence-corrected chi connectivity index (χ2v) is 3.81. The summed E-state index contributed by atoms with van der Waals surface area (Å²) in [6, 6.07) is 0. The van der Waals surface area contributed by atoms with Gasteiger partial charge in [-0.05, 0) is 17.9 Å². The minimum absolute atomic E-state index is 0.00921. The van der Waals surface area contributed by atoms with Crippen LogP contribution in [0.4, 0.5) is 0 Å². The predicted molar refractivity (Wildman–Crippen MR) is 48.4 cm³/mol. The molecule has 0 amide bonds. The fraction of sp³-hybridized carbons (Fsp3) is 0.800. The molecular weight excluding hydrogens is 168 g/mol. The summed E-state index contributed by atoms with van der Waals surface area (Å²) in [7, 11) is 0. The Morgan fingerprint density at radius 2 is 2.23 bits per heavy atom. The SMILES string of the molecule is CC1C=C(CO)C2OCCOC2C1. The molecule has 3 heteroatoms. The number of allylic oxidation sites excluding steroid dienone is 1. The number of hydrogen-bond donors (Lipinski definition) is 1. The first-order valence-electron chi connectivity index (χ1n) is 4.86. The number of rotatable bonds is 1. The van der Waals surface area contributed by atoms with Crippen LogP contribution < -0.4 is 0 Å². The van der Waals surface area contributed by atoms with Gasteiger partial charge >= 0.3 is 0 Å². The van der Waals surface area contributed by atoms with Crippen LogP contribution in [0, 0.1) is 5.92 Å². The van der Waals surface area contributed by atoms with Gasteiger partial charge in [-0.3, -0.25) is 0 Å². The van der Waals surface area contributed by atoms with Crippen LogP contribution in [0.3, 0.4) is 0 Å². The maximum Gasteiger partial charge on any atom is 0.107 e. The highest BCUT2D eigenvalue weighted by Crippen LogP contribution is 2.29. The minimum Gasteiger partial charge on any atom is -0.392 e. The third-order valence-corrected chi connectivity index (χ3v) is 2.70. The summed E-state index contributed by atoms with van der Waals surface area (Å²) in [5.41, 5.74) is 0.989. The van der Waals surface area contributed by atoms with Crippen LogP contribution in [0.25, 0.3) is 0 Å². The molecule has 0 radical (unpaired) electrons. The van der Waals surface area contributed by atoms with Gasteiger partial charge in [-0.1, -0.05) is 13.0 Å². The molecule has 1 aliphatic heterocycles. The molecule has 0 saturated carbocycles. The Hall–Kier alpha value is -0.380. The van der Waals surface area contributed by atoms with Crippen molar-refractivity contribution < 1.29 is 14.6 Å². The van der Waals surface area contributed by atoms with Crippen LogP contribution in [0.5, 0.6) is 0 Å². The van der Waals surface area contributed by atoms with Crippen molar-refractivity contribution in [2.75, 3.05) is 19.8 Å². The zero-order valence-electron chi connectivity index (χ0n) is 7.90. The highest BCUT2D eigenvalue weighted by Gasteiger charge is 2.33. The van der Waals surface area contributed by atoms with Gasteiger partial charge in [0.1, 0.15) is 6.10 Å². The number of ether oxygens (including phenoxy) is 2. The quantitative estimate of drug-likeness (QED) is 0.610. The predicted octanol–water partition coefficient (Wildman–Crippen LogP) is 0.729. The van der Waals surface area contributed by atoms with Gasteiger partial charge in [-0.15, -0.1) is 0 Å². The first-order valence-corrected chi connectivity index (χ1v) is 4.86. The second kappa shape index (κ2) is 3.78. The fourth-order valence-corrected chi connectivity index (χ4v) is 2.14. The van der Waals surface area contributed by atoms with E-state index in [1.54, 1.807) is 0 Å². The Kier molecular flexibility index (Phi) is 2.67. The molecule has 13 heavy (non-hydrogen) atoms. The molecule has 1 fully saturated rings. The normalized spacial score (nSPS) is 39.5. The van der Waals surface area contributed by atoms with Crippen molar-refractivity contribution in [2.24, 2.45) is 5.92 Å². The molecular formula is C10H16O3. The Labute approximate surface area is 78.3 Å². The molecule has 2 aliphatic rings. The molecule has 0 aromatic carbocycles. The Morgan fingerprint density at radius 1 is 1.46 bits per heavy atom. The lowest BCUT2D eigenvalue weighted by molar-refractivity contribution is -0.136. The van der Waals surface area contributed by atoms with Gasteiger partial charge in [0, 0.05) is 0 Å². The Bertz CT molecular complexity index is 212. The molecule has 0 aromatic rings. The maximum atomic E-state index is 9.14. The van der Waals surface area contributed by atoms with Crippen molar-refractivity contribution in [1.82, 2.24) is 0 Å². The van der Waals surface area contributed by atoms with Gasteiger partial charge < -0.3 is 14.6 Å². The van der Waals surface area contributed by atoms with E-state index in [1.807, 2.05) is 0 Å². The van der Waals surface area contributed by atoms with E-state index in [1.165, 1.54) is 0 Å². The number of aliphatic hydroxyl groups excluding tert-OH is 1. The van der Waals surface area contributed by atoms with Gasteiger partial charge in [0.15, 0.2) is 0 Å². The molecule has 1 heterocycles. The summed E-state index contributed by atoms with van der Waals surface area (Å²) in [5.74, 6) is 0.491. The van der Waals surface area contributed by atoms with E-state index < -0.39 is 0 Å². The lowest BCUT2D eigenvalue weighted by atomic mass is 9.87. The van der Waals surface area contributed by atoms with E-state index in [-0.39, 0.29) is 18.8 Å². The van der Waals surface area contributed by atoms with E-state index in [0.717, 1.165) is 12.0 Å². The molecule has 3 atom stereocenters. The molecule has 1 aliphatic carbocycles. The first-order chi connectivity index (χ1) is 6.31. The minimum atomic E-state index is 0.00921. The third-order valence-electron chi connectivity index (χ3n) is 2.70. The smallest absolute Gasteiger partial charge is 0.107 e. The van der Waals surface area contributed by atoms with Gasteiger partial charge in [-0.25, -0.2) is 0 Å². The van der Waals surface area contributed by atoms with Crippen molar-refractivity contribution in [3.63, 3.8) is 0 Å². The maximum absolute atomic E-state index is 9.14. The highest BCUT2D eigenvalue weighted by molar-refractivity contribution is 5.17. The summed E-state index contributed by atoms with van der Waals surface area (Å²) in [6.45, 7) is 3.57. The molecule has 2 rings (SSSR count). The van der Waals surface area contributed by atoms with Gasteiger partial charge in [0.25, 0.3) is 0 Å². The molecule has 1 N–H and O–H groups in total. The molecule has 1 saturated heterocycles. The van der Waals surface area contributed by atoms with Crippen molar-refractivity contribution in [3.8, 4) is 0 Å². The van der Waals surface area contributed by atoms with Crippen LogP contribution in [0.1, 0.15) is 13.3 Å². The van der Waals surface area contributed by atoms with Crippen LogP contribution >= 0.6 is 0 Å². The van der Waals surface area contributed by atoms with Crippen LogP contribution in [-0.4, -0.2) is 37.1 Å². The molecule has 3 nitrogen and oxygen atoms in total. The van der Waals surface area contributed by atoms with Gasteiger partial charge in [-0.2, -0.15) is 0 Å². The van der Waals surface area contributed by atoms with Crippen LogP contribution in [0.15, 0.2) is 11.6 Å². The molecule has 3 unspecified atom stereocenters. The topological polar surface area (TPSA) is 38.7 Å². The zero-order valence-corrected chi connectivity index (χ0v) is 7.90. The monoisotopic (exact) mass is 184 g/mol. The average Bonchev–Trinajstić information content (AvgIpc) is 2.16. The van der Waals surface area contributed by atoms with Crippen molar-refractivity contribution in [3.05, 3.63) is 11.6 Å². The van der Waals surface area contributed by atoms with E-state index in [9.17, 15) is 0 Å². The molecule has 74 valence electrons. The molecule has 0 bridgehead atoms. The summed E-state index contributed by atoms with van der Waals surface area (Å²) >= 11 is 0. The summed E-state index contributed by atoms with van der Waals surface area (Å²) in [5, 5.41) is 9.14. The standard InChI is InChI=1S/C10H16O3/c1-7-4-8(6-11)10-9(5-7)12-2-3-13-10/h4,7,9-11H,2-3,5-6H2,1H3. The molecule has 0 spiro atoms. The van der Waals surface area contributed by atoms with Crippen molar-refractivity contribution in [1.29, 1.82) is 0 Å². The number of hydrogen-bond acceptors (Lipinski definition) is 3. The van der Waals surface area contributed by atoms with Crippen LogP contribution in [0.2, 0.25) is 0 Å². The zero-order chi connectivity index (χ0) is 9.26. The largest absolute Gasteiger partial charge is 0.392 e. The number of fused-ring (bicyclic) bond motifs is 1. The van der Waals surface area contributed by atoms with Gasteiger partial charge in [0.2, 0.25) is 0 Å². The average molecular weight is 184 g/mol. The molecule has 0 aromatic heterocycles. The summed E-state index contributed by atoms with van der Waals surface area (Å²) < 4.78 is 11.2. The van der Waals surface area contributed by atoms with E-state index in [2.05, 4.69) is 13.0 Å². The first kappa shape index (κ1) is 9.19.